The first-order valence-electron chi connectivity index (χ1n) is 5.69. The van der Waals surface area contributed by atoms with Crippen LogP contribution in [0.15, 0.2) is 12.4 Å². The molecule has 1 aromatic heterocycles. The molecule has 3 heterocycles. The molecule has 1 fully saturated rings. The Labute approximate surface area is 94.9 Å². The second-order valence-electron chi connectivity index (χ2n) is 4.40. The first-order chi connectivity index (χ1) is 7.45. The number of nitrogens with one attached hydrogen (secondary N) is 1. The molecule has 3 heteroatoms. The average Bonchev–Trinajstić information content (AvgIpc) is 2.78. The van der Waals surface area contributed by atoms with Crippen molar-refractivity contribution >= 4 is 11.8 Å². The van der Waals surface area contributed by atoms with E-state index in [-0.39, 0.29) is 0 Å². The van der Waals surface area contributed by atoms with Gasteiger partial charge in [-0.1, -0.05) is 0 Å². The highest BCUT2D eigenvalue weighted by atomic mass is 32.2. The zero-order valence-electron chi connectivity index (χ0n) is 8.83. The summed E-state index contributed by atoms with van der Waals surface area (Å²) in [4.78, 5) is 4.39. The van der Waals surface area contributed by atoms with Gasteiger partial charge in [0.2, 0.25) is 0 Å². The Balaban J connectivity index is 1.93. The summed E-state index contributed by atoms with van der Waals surface area (Å²) >= 11 is 2.02. The minimum Gasteiger partial charge on any atom is -0.316 e. The Bertz CT molecular complexity index is 359. The van der Waals surface area contributed by atoms with Crippen LogP contribution in [0.1, 0.15) is 35.4 Å². The van der Waals surface area contributed by atoms with Crippen molar-refractivity contribution in [1.29, 1.82) is 0 Å². The zero-order chi connectivity index (χ0) is 10.1. The van der Waals surface area contributed by atoms with Crippen LogP contribution in [0.3, 0.4) is 0 Å². The van der Waals surface area contributed by atoms with E-state index in [1.807, 2.05) is 11.8 Å². The van der Waals surface area contributed by atoms with E-state index in [1.165, 1.54) is 36.3 Å². The lowest BCUT2D eigenvalue weighted by molar-refractivity contribution is 0.459. The van der Waals surface area contributed by atoms with Crippen molar-refractivity contribution in [3.63, 3.8) is 0 Å². The highest BCUT2D eigenvalue weighted by Gasteiger charge is 2.22. The molecular weight excluding hydrogens is 204 g/mol. The third-order valence-corrected chi connectivity index (χ3v) is 4.43. The molecule has 80 valence electrons. The minimum atomic E-state index is 0.708. The molecule has 0 radical (unpaired) electrons. The van der Waals surface area contributed by atoms with Crippen molar-refractivity contribution in [2.75, 3.05) is 13.1 Å². The smallest absolute Gasteiger partial charge is 0.0311 e. The van der Waals surface area contributed by atoms with Gasteiger partial charge >= 0.3 is 0 Å². The quantitative estimate of drug-likeness (QED) is 0.786. The number of hydrogen-bond acceptors (Lipinski definition) is 3. The number of aromatic nitrogens is 1. The predicted molar refractivity (Wildman–Crippen MR) is 64.1 cm³/mol. The molecule has 0 amide bonds. The first kappa shape index (κ1) is 9.67. The van der Waals surface area contributed by atoms with Crippen molar-refractivity contribution in [3.8, 4) is 0 Å². The topological polar surface area (TPSA) is 24.9 Å². The second kappa shape index (κ2) is 4.14. The minimum absolute atomic E-state index is 0.708. The third-order valence-electron chi connectivity index (χ3n) is 3.42. The fraction of sp³-hybridized carbons (Fsp3) is 0.583. The maximum Gasteiger partial charge on any atom is 0.0311 e. The molecule has 3 rings (SSSR count). The summed E-state index contributed by atoms with van der Waals surface area (Å²) in [6.07, 6.45) is 6.79. The summed E-state index contributed by atoms with van der Waals surface area (Å²) in [7, 11) is 0. The first-order valence-corrected chi connectivity index (χ1v) is 6.85. The van der Waals surface area contributed by atoms with Crippen LogP contribution in [0.2, 0.25) is 0 Å². The van der Waals surface area contributed by atoms with Gasteiger partial charge < -0.3 is 5.32 Å². The van der Waals surface area contributed by atoms with Gasteiger partial charge in [-0.2, -0.15) is 11.8 Å². The monoisotopic (exact) mass is 220 g/mol. The summed E-state index contributed by atoms with van der Waals surface area (Å²) in [5.74, 6) is 3.07. The van der Waals surface area contributed by atoms with Crippen LogP contribution in [0.4, 0.5) is 0 Å². The standard InChI is InChI=1S/C12H16N2S/c1-2-9(4-13-3-1)11-6-14-5-10-7-15-8-12(10)11/h5-6,9,13H,1-4,7-8H2. The highest BCUT2D eigenvalue weighted by molar-refractivity contribution is 7.98. The molecule has 0 bridgehead atoms. The summed E-state index contributed by atoms with van der Waals surface area (Å²) in [5, 5.41) is 3.49. The molecule has 0 spiro atoms. The van der Waals surface area contributed by atoms with Gasteiger partial charge in [-0.15, -0.1) is 0 Å². The molecule has 2 nitrogen and oxygen atoms in total. The summed E-state index contributed by atoms with van der Waals surface area (Å²) in [5.41, 5.74) is 4.58. The SMILES string of the molecule is c1ncc(C2CCCNC2)c2c1CSC2. The van der Waals surface area contributed by atoms with Crippen LogP contribution in [-0.2, 0) is 11.5 Å². The average molecular weight is 220 g/mol. The highest BCUT2D eigenvalue weighted by Crippen LogP contribution is 2.36. The Kier molecular flexibility index (Phi) is 2.67. The van der Waals surface area contributed by atoms with Crippen LogP contribution >= 0.6 is 11.8 Å². The van der Waals surface area contributed by atoms with E-state index in [0.717, 1.165) is 12.3 Å². The summed E-state index contributed by atoms with van der Waals surface area (Å²) in [6, 6.07) is 0. The molecule has 2 aliphatic heterocycles. The van der Waals surface area contributed by atoms with Crippen LogP contribution in [0.5, 0.6) is 0 Å². The maximum absolute atomic E-state index is 4.39. The van der Waals surface area contributed by atoms with Crippen molar-refractivity contribution in [2.24, 2.45) is 0 Å². The van der Waals surface area contributed by atoms with Crippen molar-refractivity contribution in [1.82, 2.24) is 10.3 Å². The Morgan fingerprint density at radius 3 is 3.20 bits per heavy atom. The van der Waals surface area contributed by atoms with Crippen molar-refractivity contribution < 1.29 is 0 Å². The Hall–Kier alpha value is -0.540. The number of pyridine rings is 1. The van der Waals surface area contributed by atoms with E-state index in [2.05, 4.69) is 22.7 Å². The number of thioether (sulfide) groups is 1. The molecule has 1 atom stereocenters. The van der Waals surface area contributed by atoms with Gasteiger partial charge in [-0.25, -0.2) is 0 Å². The van der Waals surface area contributed by atoms with E-state index < -0.39 is 0 Å². The number of hydrogen-bond donors (Lipinski definition) is 1. The van der Waals surface area contributed by atoms with E-state index in [0.29, 0.717) is 5.92 Å². The van der Waals surface area contributed by atoms with E-state index >= 15 is 0 Å². The lowest BCUT2D eigenvalue weighted by atomic mass is 9.89. The van der Waals surface area contributed by atoms with Gasteiger partial charge in [0.1, 0.15) is 0 Å². The number of fused-ring (bicyclic) bond motifs is 1. The van der Waals surface area contributed by atoms with Gasteiger partial charge in [0.15, 0.2) is 0 Å². The fourth-order valence-electron chi connectivity index (χ4n) is 2.58. The van der Waals surface area contributed by atoms with Crippen molar-refractivity contribution in [3.05, 3.63) is 29.1 Å². The van der Waals surface area contributed by atoms with Crippen LogP contribution in [-0.4, -0.2) is 18.1 Å². The van der Waals surface area contributed by atoms with E-state index in [9.17, 15) is 0 Å². The lowest BCUT2D eigenvalue weighted by Crippen LogP contribution is -2.29. The molecule has 0 saturated carbocycles. The molecule has 1 unspecified atom stereocenters. The third kappa shape index (κ3) is 1.79. The molecular formula is C12H16N2S. The second-order valence-corrected chi connectivity index (χ2v) is 5.39. The fourth-order valence-corrected chi connectivity index (χ4v) is 3.71. The van der Waals surface area contributed by atoms with Crippen LogP contribution in [0.25, 0.3) is 0 Å². The largest absolute Gasteiger partial charge is 0.316 e. The molecule has 1 saturated heterocycles. The van der Waals surface area contributed by atoms with Gasteiger partial charge in [-0.3, -0.25) is 4.98 Å². The molecule has 1 N–H and O–H groups in total. The summed E-state index contributed by atoms with van der Waals surface area (Å²) < 4.78 is 0. The molecule has 1 aromatic rings. The van der Waals surface area contributed by atoms with Gasteiger partial charge in [0.25, 0.3) is 0 Å². The number of rotatable bonds is 1. The van der Waals surface area contributed by atoms with Gasteiger partial charge in [0.05, 0.1) is 0 Å². The van der Waals surface area contributed by atoms with Crippen molar-refractivity contribution in [2.45, 2.75) is 30.3 Å². The van der Waals surface area contributed by atoms with Crippen LogP contribution in [0, 0.1) is 0 Å². The van der Waals surface area contributed by atoms with Gasteiger partial charge in [0, 0.05) is 30.4 Å². The zero-order valence-corrected chi connectivity index (χ0v) is 9.65. The molecule has 15 heavy (non-hydrogen) atoms. The van der Waals surface area contributed by atoms with Gasteiger partial charge in [-0.05, 0) is 42.0 Å². The molecule has 0 aromatic carbocycles. The predicted octanol–water partition coefficient (Wildman–Crippen LogP) is 2.30. The number of piperidine rings is 1. The summed E-state index contributed by atoms with van der Waals surface area (Å²) in [6.45, 7) is 2.33. The Morgan fingerprint density at radius 1 is 1.33 bits per heavy atom. The number of nitrogens with zero attached hydrogens (tertiary/aromatic N) is 1. The molecule has 2 aliphatic rings. The Morgan fingerprint density at radius 2 is 2.33 bits per heavy atom. The van der Waals surface area contributed by atoms with Crippen LogP contribution < -0.4 is 5.32 Å². The maximum atomic E-state index is 4.39. The van der Waals surface area contributed by atoms with E-state index in [1.54, 1.807) is 5.56 Å². The van der Waals surface area contributed by atoms with E-state index in [4.69, 9.17) is 0 Å². The molecule has 0 aliphatic carbocycles. The lowest BCUT2D eigenvalue weighted by Gasteiger charge is -2.24. The normalized spacial score (nSPS) is 25.2.